The second kappa shape index (κ2) is 8.88. The molecule has 2 heterocycles. The van der Waals surface area contributed by atoms with Crippen molar-refractivity contribution >= 4 is 11.8 Å². The van der Waals surface area contributed by atoms with Crippen LogP contribution in [-0.4, -0.2) is 40.8 Å². The van der Waals surface area contributed by atoms with E-state index >= 15 is 0 Å². The summed E-state index contributed by atoms with van der Waals surface area (Å²) in [5, 5.41) is 2.69. The van der Waals surface area contributed by atoms with E-state index in [2.05, 4.69) is 10.3 Å². The number of carbonyl (C=O) groups is 2. The second-order valence-corrected chi connectivity index (χ2v) is 6.77. The lowest BCUT2D eigenvalue weighted by molar-refractivity contribution is -0.126. The Morgan fingerprint density at radius 3 is 2.82 bits per heavy atom. The SMILES string of the molecule is N[C@H](CNC(=O)[C@@H]1CCCCN1C(=O)c1cccnc1)c1ccc(F)cc1F. The van der Waals surface area contributed by atoms with Gasteiger partial charge in [-0.1, -0.05) is 6.07 Å². The number of carbonyl (C=O) groups excluding carboxylic acids is 2. The average Bonchev–Trinajstić information content (AvgIpc) is 2.72. The van der Waals surface area contributed by atoms with Crippen LogP contribution in [0.2, 0.25) is 0 Å². The number of nitrogens with zero attached hydrogens (tertiary/aromatic N) is 2. The molecule has 0 spiro atoms. The molecule has 1 fully saturated rings. The molecule has 28 heavy (non-hydrogen) atoms. The van der Waals surface area contributed by atoms with Crippen molar-refractivity contribution in [3.8, 4) is 0 Å². The summed E-state index contributed by atoms with van der Waals surface area (Å²) in [6, 6.07) is 5.03. The molecule has 0 bridgehead atoms. The number of hydrogen-bond acceptors (Lipinski definition) is 4. The Bertz CT molecular complexity index is 847. The summed E-state index contributed by atoms with van der Waals surface area (Å²) in [6.45, 7) is 0.456. The number of likely N-dealkylation sites (tertiary alicyclic amines) is 1. The fourth-order valence-electron chi connectivity index (χ4n) is 3.34. The number of benzene rings is 1. The molecule has 1 saturated heterocycles. The minimum absolute atomic E-state index is 0.0210. The van der Waals surface area contributed by atoms with Crippen LogP contribution in [0.5, 0.6) is 0 Å². The van der Waals surface area contributed by atoms with E-state index in [-0.39, 0.29) is 23.9 Å². The van der Waals surface area contributed by atoms with Gasteiger partial charge in [0.2, 0.25) is 5.91 Å². The van der Waals surface area contributed by atoms with Gasteiger partial charge in [0.15, 0.2) is 0 Å². The highest BCUT2D eigenvalue weighted by molar-refractivity contribution is 5.97. The molecule has 0 unspecified atom stereocenters. The third-order valence-corrected chi connectivity index (χ3v) is 4.83. The molecule has 6 nitrogen and oxygen atoms in total. The number of aromatic nitrogens is 1. The highest BCUT2D eigenvalue weighted by Gasteiger charge is 2.32. The Morgan fingerprint density at radius 2 is 2.11 bits per heavy atom. The van der Waals surface area contributed by atoms with Crippen LogP contribution >= 0.6 is 0 Å². The Hall–Kier alpha value is -2.87. The van der Waals surface area contributed by atoms with Crippen LogP contribution in [-0.2, 0) is 4.79 Å². The molecule has 2 atom stereocenters. The van der Waals surface area contributed by atoms with E-state index in [0.29, 0.717) is 18.5 Å². The number of halogens is 2. The van der Waals surface area contributed by atoms with Gasteiger partial charge in [0.1, 0.15) is 17.7 Å². The highest BCUT2D eigenvalue weighted by Crippen LogP contribution is 2.20. The van der Waals surface area contributed by atoms with Gasteiger partial charge in [0.05, 0.1) is 11.6 Å². The van der Waals surface area contributed by atoms with Gasteiger partial charge in [-0.2, -0.15) is 0 Å². The summed E-state index contributed by atoms with van der Waals surface area (Å²) in [5.41, 5.74) is 6.49. The minimum atomic E-state index is -0.824. The van der Waals surface area contributed by atoms with E-state index in [1.165, 1.54) is 12.3 Å². The topological polar surface area (TPSA) is 88.3 Å². The average molecular weight is 388 g/mol. The van der Waals surface area contributed by atoms with Crippen molar-refractivity contribution in [2.75, 3.05) is 13.1 Å². The maximum atomic E-state index is 13.8. The van der Waals surface area contributed by atoms with Gasteiger partial charge < -0.3 is 16.0 Å². The maximum Gasteiger partial charge on any atom is 0.256 e. The summed E-state index contributed by atoms with van der Waals surface area (Å²) in [4.78, 5) is 30.9. The molecule has 1 aliphatic rings. The van der Waals surface area contributed by atoms with Crippen LogP contribution in [0.4, 0.5) is 8.78 Å². The van der Waals surface area contributed by atoms with Crippen molar-refractivity contribution in [3.63, 3.8) is 0 Å². The molecule has 8 heteroatoms. The van der Waals surface area contributed by atoms with Crippen molar-refractivity contribution in [1.29, 1.82) is 0 Å². The summed E-state index contributed by atoms with van der Waals surface area (Å²) in [7, 11) is 0. The molecular formula is C20H22F2N4O2. The Morgan fingerprint density at radius 1 is 1.29 bits per heavy atom. The number of piperidine rings is 1. The number of nitrogens with one attached hydrogen (secondary N) is 1. The Labute approximate surface area is 161 Å². The third-order valence-electron chi connectivity index (χ3n) is 4.83. The molecule has 3 rings (SSSR count). The van der Waals surface area contributed by atoms with Crippen molar-refractivity contribution < 1.29 is 18.4 Å². The molecule has 1 aliphatic heterocycles. The number of rotatable bonds is 5. The van der Waals surface area contributed by atoms with Gasteiger partial charge in [-0.05, 0) is 37.5 Å². The summed E-state index contributed by atoms with van der Waals surface area (Å²) in [6.07, 6.45) is 5.23. The lowest BCUT2D eigenvalue weighted by Gasteiger charge is -2.35. The standard InChI is InChI=1S/C20H22F2N4O2/c21-14-6-7-15(16(22)10-14)17(23)12-25-19(27)18-5-1-2-9-26(18)20(28)13-4-3-8-24-11-13/h3-4,6-8,10-11,17-18H,1-2,5,9,12,23H2,(H,25,27)/t17-,18+/m1/s1. The molecule has 3 N–H and O–H groups in total. The summed E-state index contributed by atoms with van der Waals surface area (Å²) in [5.74, 6) is -2.03. The summed E-state index contributed by atoms with van der Waals surface area (Å²) >= 11 is 0. The first-order chi connectivity index (χ1) is 13.5. The molecule has 1 aromatic carbocycles. The number of nitrogens with two attached hydrogens (primary N) is 1. The van der Waals surface area contributed by atoms with Crippen LogP contribution < -0.4 is 11.1 Å². The molecule has 148 valence electrons. The zero-order valence-electron chi connectivity index (χ0n) is 15.3. The molecule has 1 aromatic heterocycles. The van der Waals surface area contributed by atoms with Crippen LogP contribution in [0.15, 0.2) is 42.7 Å². The quantitative estimate of drug-likeness (QED) is 0.822. The van der Waals surface area contributed by atoms with E-state index in [1.807, 2.05) is 0 Å². The highest BCUT2D eigenvalue weighted by atomic mass is 19.1. The molecule has 2 aromatic rings. The van der Waals surface area contributed by atoms with E-state index in [4.69, 9.17) is 5.73 Å². The predicted molar refractivity (Wildman–Crippen MR) is 99.2 cm³/mol. The first-order valence-corrected chi connectivity index (χ1v) is 9.16. The van der Waals surface area contributed by atoms with Gasteiger partial charge in [-0.3, -0.25) is 14.6 Å². The van der Waals surface area contributed by atoms with E-state index in [0.717, 1.165) is 25.0 Å². The van der Waals surface area contributed by atoms with Crippen molar-refractivity contribution in [2.45, 2.75) is 31.3 Å². The van der Waals surface area contributed by atoms with E-state index in [1.54, 1.807) is 23.2 Å². The maximum absolute atomic E-state index is 13.8. The monoisotopic (exact) mass is 388 g/mol. The minimum Gasteiger partial charge on any atom is -0.352 e. The second-order valence-electron chi connectivity index (χ2n) is 6.77. The largest absolute Gasteiger partial charge is 0.352 e. The summed E-state index contributed by atoms with van der Waals surface area (Å²) < 4.78 is 26.9. The van der Waals surface area contributed by atoms with Crippen molar-refractivity contribution in [1.82, 2.24) is 15.2 Å². The molecule has 0 radical (unpaired) electrons. The Balaban J connectivity index is 1.65. The fraction of sp³-hybridized carbons (Fsp3) is 0.350. The van der Waals surface area contributed by atoms with Crippen LogP contribution in [0, 0.1) is 11.6 Å². The van der Waals surface area contributed by atoms with Gasteiger partial charge in [-0.25, -0.2) is 8.78 Å². The van der Waals surface area contributed by atoms with E-state index < -0.39 is 23.7 Å². The smallest absolute Gasteiger partial charge is 0.256 e. The molecular weight excluding hydrogens is 366 g/mol. The first kappa shape index (κ1) is 19.9. The fourth-order valence-corrected chi connectivity index (χ4v) is 3.34. The van der Waals surface area contributed by atoms with Crippen LogP contribution in [0.25, 0.3) is 0 Å². The number of hydrogen-bond donors (Lipinski definition) is 2. The molecule has 2 amide bonds. The predicted octanol–water partition coefficient (Wildman–Crippen LogP) is 2.17. The molecule has 0 saturated carbocycles. The first-order valence-electron chi connectivity index (χ1n) is 9.16. The van der Waals surface area contributed by atoms with Crippen molar-refractivity contribution in [3.05, 3.63) is 65.5 Å². The van der Waals surface area contributed by atoms with Gasteiger partial charge >= 0.3 is 0 Å². The third kappa shape index (κ3) is 4.51. The normalized spacial score (nSPS) is 17.8. The van der Waals surface area contributed by atoms with Gasteiger partial charge in [-0.15, -0.1) is 0 Å². The van der Waals surface area contributed by atoms with Gasteiger partial charge in [0, 0.05) is 37.1 Å². The lowest BCUT2D eigenvalue weighted by atomic mass is 10.00. The Kier molecular flexibility index (Phi) is 6.30. The number of pyridine rings is 1. The zero-order valence-corrected chi connectivity index (χ0v) is 15.3. The van der Waals surface area contributed by atoms with Crippen LogP contribution in [0.1, 0.15) is 41.2 Å². The zero-order chi connectivity index (χ0) is 20.1. The number of amides is 2. The van der Waals surface area contributed by atoms with E-state index in [9.17, 15) is 18.4 Å². The van der Waals surface area contributed by atoms with Crippen LogP contribution in [0.3, 0.4) is 0 Å². The lowest BCUT2D eigenvalue weighted by Crippen LogP contribution is -2.52. The van der Waals surface area contributed by atoms with Gasteiger partial charge in [0.25, 0.3) is 5.91 Å². The van der Waals surface area contributed by atoms with Crippen molar-refractivity contribution in [2.24, 2.45) is 5.73 Å². The molecule has 0 aliphatic carbocycles.